The Morgan fingerprint density at radius 2 is 2.20 bits per heavy atom. The third kappa shape index (κ3) is 3.08. The second-order valence-corrected chi connectivity index (χ2v) is 6.28. The van der Waals surface area contributed by atoms with Gasteiger partial charge in [-0.15, -0.1) is 5.10 Å². The van der Waals surface area contributed by atoms with Crippen molar-refractivity contribution in [2.24, 2.45) is 0 Å². The van der Waals surface area contributed by atoms with Crippen molar-refractivity contribution in [2.75, 3.05) is 18.2 Å². The Balaban J connectivity index is 1.57. The third-order valence-electron chi connectivity index (χ3n) is 3.92. The van der Waals surface area contributed by atoms with E-state index in [1.54, 1.807) is 10.7 Å². The number of hydrogen-bond acceptors (Lipinski definition) is 6. The molecule has 0 radical (unpaired) electrons. The third-order valence-corrected chi connectivity index (χ3v) is 4.54. The van der Waals surface area contributed by atoms with E-state index in [2.05, 4.69) is 20.8 Å². The van der Waals surface area contributed by atoms with Crippen LogP contribution in [0.4, 0.5) is 5.69 Å². The zero-order valence-corrected chi connectivity index (χ0v) is 14.3. The smallest absolute Gasteiger partial charge is 0.255 e. The first-order valence-corrected chi connectivity index (χ1v) is 8.97. The fourth-order valence-electron chi connectivity index (χ4n) is 2.71. The number of carbonyl (C=O) groups excluding carboxylic acids is 1. The van der Waals surface area contributed by atoms with Crippen LogP contribution in [0, 0.1) is 0 Å². The summed E-state index contributed by atoms with van der Waals surface area (Å²) in [7, 11) is 0. The number of nitrogens with one attached hydrogen (secondary N) is 1. The molecule has 0 atom stereocenters. The number of ether oxygens (including phenoxy) is 1. The van der Waals surface area contributed by atoms with Gasteiger partial charge in [0.05, 0.1) is 12.3 Å². The van der Waals surface area contributed by atoms with Gasteiger partial charge in [-0.3, -0.25) is 4.79 Å². The molecule has 2 heterocycles. The fourth-order valence-corrected chi connectivity index (χ4v) is 3.15. The fraction of sp³-hybridized carbons (Fsp3) is 0.176. The molecule has 0 unspecified atom stereocenters. The molecule has 1 amide bonds. The monoisotopic (exact) mass is 353 g/mol. The van der Waals surface area contributed by atoms with Gasteiger partial charge < -0.3 is 10.1 Å². The van der Waals surface area contributed by atoms with Crippen molar-refractivity contribution < 1.29 is 9.53 Å². The minimum atomic E-state index is -0.159. The molecule has 0 saturated carbocycles. The molecule has 0 aliphatic carbocycles. The summed E-state index contributed by atoms with van der Waals surface area (Å²) in [5.74, 6) is 0.704. The number of anilines is 1. The zero-order chi connectivity index (χ0) is 17.2. The Labute approximate surface area is 148 Å². The molecule has 0 fully saturated rings. The standard InChI is InChI=1S/C17H15N5O2S/c1-25-17-19-20-21-22(17)14-4-2-3-13(10-14)18-16(23)12-5-6-15-11(9-12)7-8-24-15/h2-6,9-10H,7-8H2,1H3,(H,18,23). The first-order chi connectivity index (χ1) is 12.2. The van der Waals surface area contributed by atoms with Crippen LogP contribution in [0.2, 0.25) is 0 Å². The molecule has 1 aromatic heterocycles. The van der Waals surface area contributed by atoms with Crippen LogP contribution in [0.1, 0.15) is 15.9 Å². The molecule has 4 rings (SSSR count). The van der Waals surface area contributed by atoms with Crippen LogP contribution in [0.15, 0.2) is 47.6 Å². The first kappa shape index (κ1) is 15.6. The Bertz CT molecular complexity index is 940. The van der Waals surface area contributed by atoms with Crippen LogP contribution in [0.3, 0.4) is 0 Å². The van der Waals surface area contributed by atoms with Gasteiger partial charge in [-0.25, -0.2) is 0 Å². The molecule has 3 aromatic rings. The Morgan fingerprint density at radius 1 is 1.28 bits per heavy atom. The first-order valence-electron chi connectivity index (χ1n) is 7.74. The van der Waals surface area contributed by atoms with Gasteiger partial charge in [-0.05, 0) is 58.6 Å². The lowest BCUT2D eigenvalue weighted by Gasteiger charge is -2.09. The van der Waals surface area contributed by atoms with Crippen molar-refractivity contribution in [3.8, 4) is 11.4 Å². The molecule has 1 aliphatic heterocycles. The molecular formula is C17H15N5O2S. The lowest BCUT2D eigenvalue weighted by atomic mass is 10.1. The summed E-state index contributed by atoms with van der Waals surface area (Å²) >= 11 is 1.45. The van der Waals surface area contributed by atoms with Crippen molar-refractivity contribution in [1.29, 1.82) is 0 Å². The number of carbonyl (C=O) groups is 1. The number of hydrogen-bond donors (Lipinski definition) is 1. The van der Waals surface area contributed by atoms with Crippen LogP contribution < -0.4 is 10.1 Å². The number of aromatic nitrogens is 4. The number of rotatable bonds is 4. The quantitative estimate of drug-likeness (QED) is 0.726. The van der Waals surface area contributed by atoms with Crippen molar-refractivity contribution in [3.05, 3.63) is 53.6 Å². The van der Waals surface area contributed by atoms with E-state index >= 15 is 0 Å². The molecule has 7 nitrogen and oxygen atoms in total. The number of fused-ring (bicyclic) bond motifs is 1. The second-order valence-electron chi connectivity index (χ2n) is 5.50. The van der Waals surface area contributed by atoms with Gasteiger partial charge in [0, 0.05) is 17.7 Å². The highest BCUT2D eigenvalue weighted by Crippen LogP contribution is 2.26. The van der Waals surface area contributed by atoms with E-state index in [1.807, 2.05) is 42.7 Å². The molecule has 126 valence electrons. The molecule has 1 aliphatic rings. The summed E-state index contributed by atoms with van der Waals surface area (Å²) in [6.07, 6.45) is 2.74. The van der Waals surface area contributed by atoms with Crippen LogP contribution in [-0.4, -0.2) is 39.0 Å². The van der Waals surface area contributed by atoms with Gasteiger partial charge in [0.15, 0.2) is 0 Å². The lowest BCUT2D eigenvalue weighted by Crippen LogP contribution is -2.12. The van der Waals surface area contributed by atoms with Gasteiger partial charge >= 0.3 is 0 Å². The topological polar surface area (TPSA) is 81.9 Å². The summed E-state index contributed by atoms with van der Waals surface area (Å²) < 4.78 is 7.11. The normalized spacial score (nSPS) is 12.5. The van der Waals surface area contributed by atoms with E-state index in [9.17, 15) is 4.79 Å². The second kappa shape index (κ2) is 6.56. The molecule has 1 N–H and O–H groups in total. The summed E-state index contributed by atoms with van der Waals surface area (Å²) in [6, 6.07) is 12.9. The van der Waals surface area contributed by atoms with Crippen LogP contribution >= 0.6 is 11.8 Å². The maximum absolute atomic E-state index is 12.5. The number of thioether (sulfide) groups is 1. The van der Waals surface area contributed by atoms with Crippen molar-refractivity contribution in [2.45, 2.75) is 11.6 Å². The van der Waals surface area contributed by atoms with Crippen LogP contribution in [-0.2, 0) is 6.42 Å². The van der Waals surface area contributed by atoms with Gasteiger partial charge in [0.2, 0.25) is 5.16 Å². The van der Waals surface area contributed by atoms with Gasteiger partial charge in [-0.1, -0.05) is 17.8 Å². The van der Waals surface area contributed by atoms with Gasteiger partial charge in [-0.2, -0.15) is 4.68 Å². The number of benzene rings is 2. The number of nitrogens with zero attached hydrogens (tertiary/aromatic N) is 4. The molecule has 0 bridgehead atoms. The Kier molecular flexibility index (Phi) is 4.10. The average molecular weight is 353 g/mol. The van der Waals surface area contributed by atoms with Crippen LogP contribution in [0.25, 0.3) is 5.69 Å². The number of tetrazole rings is 1. The minimum absolute atomic E-state index is 0.159. The van der Waals surface area contributed by atoms with Crippen molar-refractivity contribution in [3.63, 3.8) is 0 Å². The summed E-state index contributed by atoms with van der Waals surface area (Å²) in [6.45, 7) is 0.673. The van der Waals surface area contributed by atoms with Crippen molar-refractivity contribution >= 4 is 23.4 Å². The highest BCUT2D eigenvalue weighted by atomic mass is 32.2. The average Bonchev–Trinajstić information content (AvgIpc) is 3.30. The van der Waals surface area contributed by atoms with Crippen LogP contribution in [0.5, 0.6) is 5.75 Å². The van der Waals surface area contributed by atoms with E-state index in [0.717, 1.165) is 23.4 Å². The molecule has 0 saturated heterocycles. The summed E-state index contributed by atoms with van der Waals surface area (Å²) in [5.41, 5.74) is 3.15. The van der Waals surface area contributed by atoms with Gasteiger partial charge in [0.1, 0.15) is 5.75 Å². The van der Waals surface area contributed by atoms with Crippen molar-refractivity contribution in [1.82, 2.24) is 20.2 Å². The Hall–Kier alpha value is -2.87. The van der Waals surface area contributed by atoms with E-state index in [1.165, 1.54) is 11.8 Å². The highest BCUT2D eigenvalue weighted by Gasteiger charge is 2.15. The molecular weight excluding hydrogens is 338 g/mol. The maximum Gasteiger partial charge on any atom is 0.255 e. The predicted octanol–water partition coefficient (Wildman–Crippen LogP) is 2.57. The van der Waals surface area contributed by atoms with Gasteiger partial charge in [0.25, 0.3) is 5.91 Å². The summed E-state index contributed by atoms with van der Waals surface area (Å²) in [4.78, 5) is 12.5. The number of amides is 1. The summed E-state index contributed by atoms with van der Waals surface area (Å²) in [5, 5.41) is 15.2. The largest absolute Gasteiger partial charge is 0.493 e. The zero-order valence-electron chi connectivity index (χ0n) is 13.5. The maximum atomic E-state index is 12.5. The Morgan fingerprint density at radius 3 is 3.08 bits per heavy atom. The van der Waals surface area contributed by atoms with E-state index in [4.69, 9.17) is 4.74 Å². The minimum Gasteiger partial charge on any atom is -0.493 e. The molecule has 0 spiro atoms. The highest BCUT2D eigenvalue weighted by molar-refractivity contribution is 7.98. The predicted molar refractivity (Wildman–Crippen MR) is 94.5 cm³/mol. The SMILES string of the molecule is CSc1nnnn1-c1cccc(NC(=O)c2ccc3c(c2)CCO3)c1. The molecule has 2 aromatic carbocycles. The lowest BCUT2D eigenvalue weighted by molar-refractivity contribution is 0.102. The molecule has 25 heavy (non-hydrogen) atoms. The molecule has 8 heteroatoms. The van der Waals surface area contributed by atoms with E-state index in [-0.39, 0.29) is 5.91 Å². The van der Waals surface area contributed by atoms with E-state index < -0.39 is 0 Å². The van der Waals surface area contributed by atoms with E-state index in [0.29, 0.717) is 23.0 Å².